The minimum absolute atomic E-state index is 0.171. The maximum Gasteiger partial charge on any atom is 0.250 e. The molecule has 0 aromatic rings. The summed E-state index contributed by atoms with van der Waals surface area (Å²) < 4.78 is 23.5. The fraction of sp³-hybridized carbons (Fsp3) is 0.800. The Morgan fingerprint density at radius 1 is 1.38 bits per heavy atom. The summed E-state index contributed by atoms with van der Waals surface area (Å²) in [5.74, 6) is 0. The van der Waals surface area contributed by atoms with Gasteiger partial charge in [-0.15, -0.1) is 0 Å². The lowest BCUT2D eigenvalue weighted by molar-refractivity contribution is 0.141. The lowest BCUT2D eigenvalue weighted by atomic mass is 10.1. The monoisotopic (exact) mass is 191 g/mol. The van der Waals surface area contributed by atoms with Crippen LogP contribution in [0.1, 0.15) is 33.6 Å². The number of allylic oxidation sites excluding steroid dienone is 2. The van der Waals surface area contributed by atoms with E-state index in [1.165, 1.54) is 5.57 Å². The molecule has 0 aromatic heterocycles. The highest BCUT2D eigenvalue weighted by Crippen LogP contribution is 2.01. The number of hydrogen-bond acceptors (Lipinski definition) is 1. The molecule has 1 nitrogen and oxygen atoms in total. The molecule has 1 N–H and O–H groups in total. The van der Waals surface area contributed by atoms with Gasteiger partial charge in [0.2, 0.25) is 0 Å². The minimum Gasteiger partial charge on any atom is -0.309 e. The molecule has 0 heterocycles. The average molecular weight is 191 g/mol. The summed E-state index contributed by atoms with van der Waals surface area (Å²) in [6, 6.07) is 0.171. The molecular weight excluding hydrogens is 172 g/mol. The summed E-state index contributed by atoms with van der Waals surface area (Å²) in [5, 5.41) is 2.78. The first kappa shape index (κ1) is 12.6. The van der Waals surface area contributed by atoms with Gasteiger partial charge < -0.3 is 5.32 Å². The number of nitrogens with one attached hydrogen (secondary N) is 1. The maximum atomic E-state index is 11.8. The largest absolute Gasteiger partial charge is 0.309 e. The average Bonchev–Trinajstić information content (AvgIpc) is 2.00. The number of halogens is 2. The fourth-order valence-corrected chi connectivity index (χ4v) is 1.01. The summed E-state index contributed by atoms with van der Waals surface area (Å²) in [5.41, 5.74) is 1.28. The Morgan fingerprint density at radius 2 is 2.00 bits per heavy atom. The van der Waals surface area contributed by atoms with Gasteiger partial charge in [0.25, 0.3) is 6.43 Å². The highest BCUT2D eigenvalue weighted by Gasteiger charge is 2.04. The van der Waals surface area contributed by atoms with Gasteiger partial charge in [-0.1, -0.05) is 11.6 Å². The molecule has 0 aliphatic rings. The molecule has 3 heteroatoms. The van der Waals surface area contributed by atoms with Crippen LogP contribution in [0.3, 0.4) is 0 Å². The third-order valence-electron chi connectivity index (χ3n) is 1.77. The Labute approximate surface area is 79.2 Å². The summed E-state index contributed by atoms with van der Waals surface area (Å²) >= 11 is 0. The summed E-state index contributed by atoms with van der Waals surface area (Å²) in [6.45, 7) is 5.81. The molecular formula is C10H19F2N. The van der Waals surface area contributed by atoms with Crippen LogP contribution >= 0.6 is 0 Å². The van der Waals surface area contributed by atoms with Gasteiger partial charge in [0, 0.05) is 6.04 Å². The molecule has 0 amide bonds. The van der Waals surface area contributed by atoms with E-state index in [1.54, 1.807) is 0 Å². The first-order chi connectivity index (χ1) is 6.02. The molecule has 13 heavy (non-hydrogen) atoms. The van der Waals surface area contributed by atoms with Crippen molar-refractivity contribution < 1.29 is 8.78 Å². The van der Waals surface area contributed by atoms with E-state index in [-0.39, 0.29) is 12.6 Å². The lowest BCUT2D eigenvalue weighted by Gasteiger charge is -2.11. The molecule has 0 fully saturated rings. The van der Waals surface area contributed by atoms with Crippen LogP contribution in [0.15, 0.2) is 11.6 Å². The molecule has 1 atom stereocenters. The summed E-state index contributed by atoms with van der Waals surface area (Å²) in [4.78, 5) is 0. The van der Waals surface area contributed by atoms with Crippen LogP contribution in [0.25, 0.3) is 0 Å². The fourth-order valence-electron chi connectivity index (χ4n) is 1.01. The Bertz CT molecular complexity index is 151. The smallest absolute Gasteiger partial charge is 0.250 e. The van der Waals surface area contributed by atoms with E-state index in [0.717, 1.165) is 12.8 Å². The molecule has 0 saturated carbocycles. The Kier molecular flexibility index (Phi) is 6.77. The van der Waals surface area contributed by atoms with E-state index in [1.807, 2.05) is 20.8 Å². The van der Waals surface area contributed by atoms with Crippen LogP contribution in [0, 0.1) is 0 Å². The van der Waals surface area contributed by atoms with Crippen molar-refractivity contribution in [3.63, 3.8) is 0 Å². The first-order valence-electron chi connectivity index (χ1n) is 4.67. The second-order valence-electron chi connectivity index (χ2n) is 3.56. The van der Waals surface area contributed by atoms with E-state index < -0.39 is 6.43 Å². The Hall–Kier alpha value is -0.440. The van der Waals surface area contributed by atoms with Gasteiger partial charge in [-0.3, -0.25) is 0 Å². The SMILES string of the molecule is CC(C)=CCCC(C)NCC(F)F. The predicted molar refractivity (Wildman–Crippen MR) is 52.1 cm³/mol. The van der Waals surface area contributed by atoms with Gasteiger partial charge in [0.1, 0.15) is 0 Å². The second kappa shape index (κ2) is 7.01. The molecule has 0 spiro atoms. The molecule has 0 rings (SSSR count). The molecule has 0 aliphatic carbocycles. The molecule has 0 aromatic carbocycles. The number of alkyl halides is 2. The van der Waals surface area contributed by atoms with Crippen LogP contribution in [0.4, 0.5) is 8.78 Å². The molecule has 78 valence electrons. The molecule has 0 aliphatic heterocycles. The zero-order valence-electron chi connectivity index (χ0n) is 8.61. The zero-order chi connectivity index (χ0) is 10.3. The van der Waals surface area contributed by atoms with E-state index in [9.17, 15) is 8.78 Å². The third-order valence-corrected chi connectivity index (χ3v) is 1.77. The number of rotatable bonds is 6. The quantitative estimate of drug-likeness (QED) is 0.636. The van der Waals surface area contributed by atoms with Gasteiger partial charge in [0.15, 0.2) is 0 Å². The predicted octanol–water partition coefficient (Wildman–Crippen LogP) is 2.98. The zero-order valence-corrected chi connectivity index (χ0v) is 8.61. The van der Waals surface area contributed by atoms with Gasteiger partial charge in [-0.2, -0.15) is 0 Å². The van der Waals surface area contributed by atoms with E-state index in [4.69, 9.17) is 0 Å². The topological polar surface area (TPSA) is 12.0 Å². The van der Waals surface area contributed by atoms with Crippen LogP contribution in [0.5, 0.6) is 0 Å². The van der Waals surface area contributed by atoms with Crippen LogP contribution in [-0.2, 0) is 0 Å². The Morgan fingerprint density at radius 3 is 2.46 bits per heavy atom. The highest BCUT2D eigenvalue weighted by atomic mass is 19.3. The molecule has 1 unspecified atom stereocenters. The normalized spacial score (nSPS) is 13.1. The van der Waals surface area contributed by atoms with E-state index in [2.05, 4.69) is 11.4 Å². The van der Waals surface area contributed by atoms with Crippen molar-refractivity contribution in [1.82, 2.24) is 5.32 Å². The summed E-state index contributed by atoms with van der Waals surface area (Å²) in [7, 11) is 0. The highest BCUT2D eigenvalue weighted by molar-refractivity contribution is 4.93. The van der Waals surface area contributed by atoms with Gasteiger partial charge >= 0.3 is 0 Å². The van der Waals surface area contributed by atoms with Gasteiger partial charge in [-0.25, -0.2) is 8.78 Å². The van der Waals surface area contributed by atoms with Crippen molar-refractivity contribution in [2.75, 3.05) is 6.54 Å². The standard InChI is InChI=1S/C10H19F2N/c1-8(2)5-4-6-9(3)13-7-10(11)12/h5,9-10,13H,4,6-7H2,1-3H3. The maximum absolute atomic E-state index is 11.8. The van der Waals surface area contributed by atoms with E-state index in [0.29, 0.717) is 0 Å². The van der Waals surface area contributed by atoms with E-state index >= 15 is 0 Å². The molecule has 0 bridgehead atoms. The minimum atomic E-state index is -2.24. The third kappa shape index (κ3) is 9.47. The van der Waals surface area contributed by atoms with Crippen LogP contribution in [0.2, 0.25) is 0 Å². The van der Waals surface area contributed by atoms with Crippen molar-refractivity contribution in [3.8, 4) is 0 Å². The van der Waals surface area contributed by atoms with Crippen molar-refractivity contribution in [3.05, 3.63) is 11.6 Å². The summed E-state index contributed by atoms with van der Waals surface area (Å²) in [6.07, 6.45) is 1.75. The molecule has 0 radical (unpaired) electrons. The van der Waals surface area contributed by atoms with Crippen molar-refractivity contribution in [2.24, 2.45) is 0 Å². The van der Waals surface area contributed by atoms with Crippen LogP contribution in [-0.4, -0.2) is 19.0 Å². The Balaban J connectivity index is 3.40. The lowest BCUT2D eigenvalue weighted by Crippen LogP contribution is -2.30. The van der Waals surface area contributed by atoms with Gasteiger partial charge in [0.05, 0.1) is 6.54 Å². The van der Waals surface area contributed by atoms with Crippen LogP contribution < -0.4 is 5.32 Å². The van der Waals surface area contributed by atoms with Crippen molar-refractivity contribution in [1.29, 1.82) is 0 Å². The number of hydrogen-bond donors (Lipinski definition) is 1. The van der Waals surface area contributed by atoms with Gasteiger partial charge in [-0.05, 0) is 33.6 Å². The first-order valence-corrected chi connectivity index (χ1v) is 4.67. The molecule has 0 saturated heterocycles. The van der Waals surface area contributed by atoms with Crippen molar-refractivity contribution in [2.45, 2.75) is 46.1 Å². The van der Waals surface area contributed by atoms with Crippen molar-refractivity contribution >= 4 is 0 Å². The second-order valence-corrected chi connectivity index (χ2v) is 3.56.